The second kappa shape index (κ2) is 5.43. The van der Waals surface area contributed by atoms with E-state index in [0.29, 0.717) is 0 Å². The molecule has 2 aromatic carbocycles. The molecule has 0 atom stereocenters. The van der Waals surface area contributed by atoms with Gasteiger partial charge >= 0.3 is 0 Å². The number of phenolic OH excluding ortho intramolecular Hbond substituents is 2. The molecule has 0 aliphatic heterocycles. The highest BCUT2D eigenvalue weighted by atomic mass is 32.2. The van der Waals surface area contributed by atoms with Crippen molar-refractivity contribution in [3.05, 3.63) is 48.0 Å². The number of carbonyl (C=O) groups excluding carboxylic acids is 1. The molecule has 0 spiro atoms. The molecule has 0 aliphatic rings. The predicted molar refractivity (Wildman–Crippen MR) is 75.5 cm³/mol. The zero-order chi connectivity index (χ0) is 15.6. The lowest BCUT2D eigenvalue weighted by molar-refractivity contribution is 0.102. The first-order chi connectivity index (χ1) is 9.79. The highest BCUT2D eigenvalue weighted by Crippen LogP contribution is 2.25. The molecule has 0 aliphatic carbocycles. The molecule has 0 saturated carbocycles. The first kappa shape index (κ1) is 14.8. The highest BCUT2D eigenvalue weighted by molar-refractivity contribution is 7.89. The Labute approximate surface area is 120 Å². The van der Waals surface area contributed by atoms with Gasteiger partial charge in [0, 0.05) is 0 Å². The van der Waals surface area contributed by atoms with E-state index < -0.39 is 15.9 Å². The minimum absolute atomic E-state index is 0.0206. The van der Waals surface area contributed by atoms with Crippen LogP contribution in [0.4, 0.5) is 5.69 Å². The van der Waals surface area contributed by atoms with Crippen molar-refractivity contribution in [2.45, 2.75) is 4.90 Å². The average molecular weight is 308 g/mol. The Hall–Kier alpha value is -2.58. The Morgan fingerprint density at radius 2 is 1.76 bits per heavy atom. The summed E-state index contributed by atoms with van der Waals surface area (Å²) in [6.07, 6.45) is 0. The van der Waals surface area contributed by atoms with Gasteiger partial charge in [-0.1, -0.05) is 12.1 Å². The number of primary sulfonamides is 1. The van der Waals surface area contributed by atoms with Crippen molar-refractivity contribution in [3.63, 3.8) is 0 Å². The topological polar surface area (TPSA) is 130 Å². The van der Waals surface area contributed by atoms with E-state index in [0.717, 1.165) is 12.1 Å². The number of anilines is 1. The summed E-state index contributed by atoms with van der Waals surface area (Å²) in [6.45, 7) is 0. The van der Waals surface area contributed by atoms with E-state index in [1.165, 1.54) is 30.3 Å². The van der Waals surface area contributed by atoms with Crippen LogP contribution < -0.4 is 10.5 Å². The quantitative estimate of drug-likeness (QED) is 0.628. The first-order valence-corrected chi connectivity index (χ1v) is 7.29. The third-order valence-corrected chi connectivity index (χ3v) is 3.64. The smallest absolute Gasteiger partial charge is 0.259 e. The van der Waals surface area contributed by atoms with Crippen LogP contribution in [0.2, 0.25) is 0 Å². The summed E-state index contributed by atoms with van der Waals surface area (Å²) in [5.74, 6) is -1.34. The van der Waals surface area contributed by atoms with Gasteiger partial charge in [0.25, 0.3) is 5.91 Å². The molecule has 0 unspecified atom stereocenters. The summed E-state index contributed by atoms with van der Waals surface area (Å²) < 4.78 is 22.9. The molecular weight excluding hydrogens is 296 g/mol. The van der Waals surface area contributed by atoms with Crippen LogP contribution in [-0.4, -0.2) is 24.5 Å². The molecule has 110 valence electrons. The molecule has 2 rings (SSSR count). The third-order valence-electron chi connectivity index (χ3n) is 2.67. The molecule has 0 saturated heterocycles. The Kier molecular flexibility index (Phi) is 3.83. The van der Waals surface area contributed by atoms with Crippen molar-refractivity contribution in [2.75, 3.05) is 5.32 Å². The molecule has 1 amide bonds. The van der Waals surface area contributed by atoms with Gasteiger partial charge < -0.3 is 15.5 Å². The van der Waals surface area contributed by atoms with E-state index in [1.54, 1.807) is 0 Å². The summed E-state index contributed by atoms with van der Waals surface area (Å²) in [5.41, 5.74) is -0.216. The van der Waals surface area contributed by atoms with Gasteiger partial charge in [0.15, 0.2) is 0 Å². The number of benzene rings is 2. The molecule has 0 aromatic heterocycles. The third kappa shape index (κ3) is 3.30. The number of nitrogens with two attached hydrogens (primary N) is 1. The molecule has 8 heteroatoms. The fourth-order valence-corrected chi connectivity index (χ4v) is 2.41. The lowest BCUT2D eigenvalue weighted by atomic mass is 10.1. The number of nitrogens with one attached hydrogen (secondary N) is 1. The lowest BCUT2D eigenvalue weighted by Crippen LogP contribution is -2.18. The van der Waals surface area contributed by atoms with Gasteiger partial charge in [-0.2, -0.15) is 0 Å². The zero-order valence-corrected chi connectivity index (χ0v) is 11.5. The van der Waals surface area contributed by atoms with Crippen molar-refractivity contribution < 1.29 is 23.4 Å². The minimum atomic E-state index is -4.01. The van der Waals surface area contributed by atoms with Gasteiger partial charge in [0.1, 0.15) is 16.4 Å². The highest BCUT2D eigenvalue weighted by Gasteiger charge is 2.17. The van der Waals surface area contributed by atoms with Gasteiger partial charge in [-0.05, 0) is 30.3 Å². The van der Waals surface area contributed by atoms with Crippen LogP contribution >= 0.6 is 0 Å². The molecule has 0 fully saturated rings. The summed E-state index contributed by atoms with van der Waals surface area (Å²) in [6, 6.07) is 9.00. The monoisotopic (exact) mass is 308 g/mol. The molecule has 21 heavy (non-hydrogen) atoms. The maximum atomic E-state index is 12.0. The van der Waals surface area contributed by atoms with E-state index in [4.69, 9.17) is 5.14 Å². The predicted octanol–water partition coefficient (Wildman–Crippen LogP) is 0.998. The van der Waals surface area contributed by atoms with Crippen LogP contribution in [0.3, 0.4) is 0 Å². The number of aromatic hydroxyl groups is 2. The van der Waals surface area contributed by atoms with Crippen LogP contribution in [-0.2, 0) is 10.0 Å². The number of carbonyl (C=O) groups is 1. The van der Waals surface area contributed by atoms with E-state index in [1.807, 2.05) is 0 Å². The number of hydrogen-bond acceptors (Lipinski definition) is 5. The first-order valence-electron chi connectivity index (χ1n) is 5.74. The molecule has 2 aromatic rings. The lowest BCUT2D eigenvalue weighted by Gasteiger charge is -2.10. The zero-order valence-electron chi connectivity index (χ0n) is 10.6. The number of para-hydroxylation sites is 1. The molecule has 0 radical (unpaired) electrons. The number of hydrogen-bond donors (Lipinski definition) is 4. The maximum absolute atomic E-state index is 12.0. The molecular formula is C13H12N2O5S. The van der Waals surface area contributed by atoms with Crippen molar-refractivity contribution >= 4 is 21.6 Å². The Bertz CT molecular complexity index is 802. The van der Waals surface area contributed by atoms with Gasteiger partial charge in [-0.25, -0.2) is 13.6 Å². The normalized spacial score (nSPS) is 11.1. The fourth-order valence-electron chi connectivity index (χ4n) is 1.71. The number of amides is 1. The van der Waals surface area contributed by atoms with E-state index in [9.17, 15) is 23.4 Å². The molecule has 7 nitrogen and oxygen atoms in total. The van der Waals surface area contributed by atoms with E-state index in [2.05, 4.69) is 5.32 Å². The molecule has 0 heterocycles. The largest absolute Gasteiger partial charge is 0.508 e. The SMILES string of the molecule is NS(=O)(=O)c1ccccc1NC(=O)c1cc(O)ccc1O. The Morgan fingerprint density at radius 1 is 1.10 bits per heavy atom. The number of sulfonamides is 1. The second-order valence-electron chi connectivity index (χ2n) is 4.20. The minimum Gasteiger partial charge on any atom is -0.508 e. The van der Waals surface area contributed by atoms with Gasteiger partial charge in [0.2, 0.25) is 10.0 Å². The van der Waals surface area contributed by atoms with Gasteiger partial charge in [-0.3, -0.25) is 4.79 Å². The fraction of sp³-hybridized carbons (Fsp3) is 0. The van der Waals surface area contributed by atoms with Crippen molar-refractivity contribution in [3.8, 4) is 11.5 Å². The summed E-state index contributed by atoms with van der Waals surface area (Å²) in [7, 11) is -4.01. The van der Waals surface area contributed by atoms with Crippen LogP contribution in [0.1, 0.15) is 10.4 Å². The van der Waals surface area contributed by atoms with Crippen molar-refractivity contribution in [2.24, 2.45) is 5.14 Å². The van der Waals surface area contributed by atoms with Crippen LogP contribution in [0.5, 0.6) is 11.5 Å². The van der Waals surface area contributed by atoms with Gasteiger partial charge in [0.05, 0.1) is 11.3 Å². The number of rotatable bonds is 3. The van der Waals surface area contributed by atoms with Gasteiger partial charge in [-0.15, -0.1) is 0 Å². The van der Waals surface area contributed by atoms with Crippen LogP contribution in [0, 0.1) is 0 Å². The second-order valence-corrected chi connectivity index (χ2v) is 5.73. The van der Waals surface area contributed by atoms with Crippen LogP contribution in [0.15, 0.2) is 47.4 Å². The summed E-state index contributed by atoms with van der Waals surface area (Å²) >= 11 is 0. The summed E-state index contributed by atoms with van der Waals surface area (Å²) in [4.78, 5) is 11.8. The van der Waals surface area contributed by atoms with E-state index >= 15 is 0 Å². The maximum Gasteiger partial charge on any atom is 0.259 e. The van der Waals surface area contributed by atoms with Crippen molar-refractivity contribution in [1.29, 1.82) is 0 Å². The van der Waals surface area contributed by atoms with E-state index in [-0.39, 0.29) is 27.6 Å². The number of phenols is 2. The molecule has 5 N–H and O–H groups in total. The Morgan fingerprint density at radius 3 is 2.43 bits per heavy atom. The Balaban J connectivity index is 2.39. The molecule has 0 bridgehead atoms. The standard InChI is InChI=1S/C13H12N2O5S/c14-21(19,20)12-4-2-1-3-10(12)15-13(18)9-7-8(16)5-6-11(9)17/h1-7,16-17H,(H,15,18)(H2,14,19,20). The summed E-state index contributed by atoms with van der Waals surface area (Å²) in [5, 5.41) is 26.3. The van der Waals surface area contributed by atoms with Crippen LogP contribution in [0.25, 0.3) is 0 Å². The van der Waals surface area contributed by atoms with Crippen molar-refractivity contribution in [1.82, 2.24) is 0 Å². The average Bonchev–Trinajstić information content (AvgIpc) is 2.41.